The largest absolute Gasteiger partial charge is 0.492 e. The third-order valence-electron chi connectivity index (χ3n) is 4.74. The summed E-state index contributed by atoms with van der Waals surface area (Å²) < 4.78 is 66.1. The highest BCUT2D eigenvalue weighted by Gasteiger charge is 2.25. The predicted octanol–water partition coefficient (Wildman–Crippen LogP) is 3.02. The molecule has 0 atom stereocenters. The lowest BCUT2D eigenvalue weighted by atomic mass is 10.2. The number of anilines is 1. The maximum Gasteiger partial charge on any atom is 0.336 e. The quantitative estimate of drug-likeness (QED) is 0.467. The Morgan fingerprint density at radius 1 is 0.906 bits per heavy atom. The van der Waals surface area contributed by atoms with E-state index >= 15 is 0 Å². The minimum Gasteiger partial charge on any atom is -0.492 e. The number of hydrogen-bond donors (Lipinski definition) is 1. The lowest BCUT2D eigenvalue weighted by Gasteiger charge is -2.20. The Bertz CT molecular complexity index is 1390. The first-order valence-electron chi connectivity index (χ1n) is 9.96. The van der Waals surface area contributed by atoms with Crippen molar-refractivity contribution in [3.8, 4) is 5.75 Å². The molecule has 0 aliphatic rings. The Hall–Kier alpha value is -2.89. The molecule has 1 aromatic heterocycles. The van der Waals surface area contributed by atoms with Crippen molar-refractivity contribution in [3.63, 3.8) is 0 Å². The predicted molar refractivity (Wildman–Crippen MR) is 121 cm³/mol. The van der Waals surface area contributed by atoms with Gasteiger partial charge in [-0.1, -0.05) is 13.8 Å². The molecule has 0 unspecified atom stereocenters. The fourth-order valence-corrected chi connectivity index (χ4v) is 5.75. The fraction of sp³-hybridized carbons (Fsp3) is 0.286. The zero-order valence-electron chi connectivity index (χ0n) is 17.9. The molecule has 3 rings (SSSR count). The van der Waals surface area contributed by atoms with Gasteiger partial charge in [0.25, 0.3) is 10.0 Å². The summed E-state index contributed by atoms with van der Waals surface area (Å²) in [6.07, 6.45) is 0. The van der Waals surface area contributed by atoms with Gasteiger partial charge in [0.2, 0.25) is 10.0 Å². The molecule has 0 radical (unpaired) electrons. The smallest absolute Gasteiger partial charge is 0.336 e. The molecule has 3 aromatic rings. The average molecular weight is 481 g/mol. The Kier molecular flexibility index (Phi) is 6.91. The third kappa shape index (κ3) is 4.79. The second-order valence-corrected chi connectivity index (χ2v) is 10.4. The summed E-state index contributed by atoms with van der Waals surface area (Å²) in [6.45, 7) is 5.99. The molecule has 0 saturated heterocycles. The zero-order chi connectivity index (χ0) is 23.5. The molecule has 11 heteroatoms. The fourth-order valence-electron chi connectivity index (χ4n) is 3.16. The summed E-state index contributed by atoms with van der Waals surface area (Å²) in [5.41, 5.74) is -0.294. The number of nitrogens with one attached hydrogen (secondary N) is 1. The van der Waals surface area contributed by atoms with Crippen LogP contribution in [0.2, 0.25) is 0 Å². The van der Waals surface area contributed by atoms with E-state index in [0.29, 0.717) is 5.39 Å². The van der Waals surface area contributed by atoms with Gasteiger partial charge in [-0.25, -0.2) is 21.6 Å². The molecule has 0 amide bonds. The minimum absolute atomic E-state index is 0.000211. The van der Waals surface area contributed by atoms with E-state index in [1.165, 1.54) is 52.8 Å². The van der Waals surface area contributed by atoms with E-state index in [4.69, 9.17) is 9.15 Å². The molecule has 172 valence electrons. The van der Waals surface area contributed by atoms with E-state index < -0.39 is 25.7 Å². The molecule has 1 N–H and O–H groups in total. The van der Waals surface area contributed by atoms with Gasteiger partial charge in [0.15, 0.2) is 0 Å². The van der Waals surface area contributed by atoms with Gasteiger partial charge in [-0.3, -0.25) is 4.72 Å². The molecule has 0 bridgehead atoms. The van der Waals surface area contributed by atoms with Crippen molar-refractivity contribution in [1.29, 1.82) is 0 Å². The van der Waals surface area contributed by atoms with Gasteiger partial charge in [-0.05, 0) is 49.4 Å². The molecule has 9 nitrogen and oxygen atoms in total. The Labute approximate surface area is 186 Å². The number of nitrogens with zero attached hydrogens (tertiary/aromatic N) is 1. The molecule has 0 fully saturated rings. The number of sulfonamides is 2. The van der Waals surface area contributed by atoms with Crippen LogP contribution in [0.1, 0.15) is 20.8 Å². The van der Waals surface area contributed by atoms with Gasteiger partial charge >= 0.3 is 5.63 Å². The first-order valence-corrected chi connectivity index (χ1v) is 12.9. The number of fused-ring (bicyclic) bond motifs is 1. The van der Waals surface area contributed by atoms with Crippen molar-refractivity contribution in [2.24, 2.45) is 0 Å². The average Bonchev–Trinajstić information content (AvgIpc) is 2.75. The van der Waals surface area contributed by atoms with Crippen LogP contribution >= 0.6 is 0 Å². The van der Waals surface area contributed by atoms with Crippen molar-refractivity contribution < 1.29 is 26.0 Å². The van der Waals surface area contributed by atoms with Crippen molar-refractivity contribution >= 4 is 36.7 Å². The lowest BCUT2D eigenvalue weighted by molar-refractivity contribution is 0.341. The van der Waals surface area contributed by atoms with Crippen LogP contribution in [0.5, 0.6) is 5.75 Å². The van der Waals surface area contributed by atoms with E-state index in [1.54, 1.807) is 20.8 Å². The van der Waals surface area contributed by atoms with E-state index in [1.807, 2.05) is 0 Å². The SMILES string of the molecule is CCOc1ccc(S(=O)(=O)N(CC)CC)cc1NS(=O)(=O)c1ccc2oc(=O)ccc2c1. The van der Waals surface area contributed by atoms with Crippen LogP contribution in [-0.2, 0) is 20.0 Å². The van der Waals surface area contributed by atoms with Crippen LogP contribution < -0.4 is 15.1 Å². The minimum atomic E-state index is -4.11. The van der Waals surface area contributed by atoms with Gasteiger partial charge in [-0.2, -0.15) is 4.31 Å². The topological polar surface area (TPSA) is 123 Å². The van der Waals surface area contributed by atoms with Gasteiger partial charge in [0, 0.05) is 24.5 Å². The summed E-state index contributed by atoms with van der Waals surface area (Å²) >= 11 is 0. The number of benzene rings is 2. The van der Waals surface area contributed by atoms with Crippen LogP contribution in [0.4, 0.5) is 5.69 Å². The Morgan fingerprint density at radius 3 is 2.25 bits per heavy atom. The maximum absolute atomic E-state index is 13.1. The summed E-state index contributed by atoms with van der Waals surface area (Å²) in [7, 11) is -7.92. The number of rotatable bonds is 9. The molecule has 32 heavy (non-hydrogen) atoms. The van der Waals surface area contributed by atoms with Gasteiger partial charge in [0.05, 0.1) is 22.1 Å². The van der Waals surface area contributed by atoms with Crippen molar-refractivity contribution in [2.75, 3.05) is 24.4 Å². The monoisotopic (exact) mass is 480 g/mol. The molecule has 1 heterocycles. The molecular formula is C21H24N2O7S2. The van der Waals surface area contributed by atoms with Crippen molar-refractivity contribution in [3.05, 3.63) is 59.0 Å². The van der Waals surface area contributed by atoms with E-state index in [0.717, 1.165) is 0 Å². The molecule has 2 aromatic carbocycles. The van der Waals surface area contributed by atoms with E-state index in [-0.39, 0.29) is 46.5 Å². The first-order chi connectivity index (χ1) is 15.1. The second kappa shape index (κ2) is 9.31. The van der Waals surface area contributed by atoms with Crippen molar-refractivity contribution in [2.45, 2.75) is 30.6 Å². The van der Waals surface area contributed by atoms with Crippen LogP contribution in [0, 0.1) is 0 Å². The number of hydrogen-bond acceptors (Lipinski definition) is 7. The Morgan fingerprint density at radius 2 is 1.59 bits per heavy atom. The molecule has 0 spiro atoms. The molecule has 0 aliphatic carbocycles. The van der Waals surface area contributed by atoms with Crippen molar-refractivity contribution in [1.82, 2.24) is 4.31 Å². The van der Waals surface area contributed by atoms with Gasteiger partial charge in [-0.15, -0.1) is 0 Å². The highest BCUT2D eigenvalue weighted by atomic mass is 32.2. The Balaban J connectivity index is 2.06. The first kappa shape index (κ1) is 23.8. The van der Waals surface area contributed by atoms with Crippen LogP contribution in [0.15, 0.2) is 67.5 Å². The van der Waals surface area contributed by atoms with Crippen LogP contribution in [0.25, 0.3) is 11.0 Å². The standard InChI is InChI=1S/C21H24N2O7S2/c1-4-23(5-2)32(27,28)17-9-11-20(29-6-3)18(14-17)22-31(25,26)16-8-10-19-15(13-16)7-12-21(24)30-19/h7-14,22H,4-6H2,1-3H3. The lowest BCUT2D eigenvalue weighted by Crippen LogP contribution is -2.30. The highest BCUT2D eigenvalue weighted by molar-refractivity contribution is 7.92. The molecule has 0 saturated carbocycles. The number of ether oxygens (including phenoxy) is 1. The molecule has 0 aliphatic heterocycles. The van der Waals surface area contributed by atoms with Gasteiger partial charge < -0.3 is 9.15 Å². The third-order valence-corrected chi connectivity index (χ3v) is 8.15. The second-order valence-electron chi connectivity index (χ2n) is 6.74. The van der Waals surface area contributed by atoms with Crippen LogP contribution in [0.3, 0.4) is 0 Å². The van der Waals surface area contributed by atoms with E-state index in [2.05, 4.69) is 4.72 Å². The van der Waals surface area contributed by atoms with Gasteiger partial charge in [0.1, 0.15) is 11.3 Å². The van der Waals surface area contributed by atoms with Crippen LogP contribution in [-0.4, -0.2) is 40.8 Å². The summed E-state index contributed by atoms with van der Waals surface area (Å²) in [5.74, 6) is 0.196. The summed E-state index contributed by atoms with van der Waals surface area (Å²) in [5, 5.41) is 0.426. The summed E-state index contributed by atoms with van der Waals surface area (Å²) in [6, 6.07) is 10.7. The highest BCUT2D eigenvalue weighted by Crippen LogP contribution is 2.31. The maximum atomic E-state index is 13.1. The zero-order valence-corrected chi connectivity index (χ0v) is 19.5. The van der Waals surface area contributed by atoms with E-state index in [9.17, 15) is 21.6 Å². The summed E-state index contributed by atoms with van der Waals surface area (Å²) in [4.78, 5) is 11.2. The molecular weight excluding hydrogens is 456 g/mol. The normalized spacial score (nSPS) is 12.2.